The van der Waals surface area contributed by atoms with Gasteiger partial charge in [0.25, 0.3) is 0 Å². The van der Waals surface area contributed by atoms with E-state index >= 15 is 0 Å². The quantitative estimate of drug-likeness (QED) is 0.883. The summed E-state index contributed by atoms with van der Waals surface area (Å²) in [6.07, 6.45) is 5.81. The number of nitrogens with one attached hydrogen (secondary N) is 1. The molecular formula is C13H21N5. The Kier molecular flexibility index (Phi) is 3.69. The van der Waals surface area contributed by atoms with Crippen molar-refractivity contribution >= 4 is 5.69 Å². The largest absolute Gasteiger partial charge is 0.378 e. The normalized spacial score (nSPS) is 11.2. The Balaban J connectivity index is 2.02. The molecule has 0 unspecified atom stereocenters. The van der Waals surface area contributed by atoms with Gasteiger partial charge in [0.2, 0.25) is 0 Å². The number of hydrogen-bond acceptors (Lipinski definition) is 3. The van der Waals surface area contributed by atoms with Gasteiger partial charge < -0.3 is 5.32 Å². The lowest BCUT2D eigenvalue weighted by Gasteiger charge is -2.09. The van der Waals surface area contributed by atoms with E-state index in [0.29, 0.717) is 6.04 Å². The first-order valence-electron chi connectivity index (χ1n) is 6.41. The second-order valence-electron chi connectivity index (χ2n) is 4.73. The average molecular weight is 247 g/mol. The lowest BCUT2D eigenvalue weighted by Crippen LogP contribution is -2.06. The van der Waals surface area contributed by atoms with Gasteiger partial charge in [-0.15, -0.1) is 0 Å². The summed E-state index contributed by atoms with van der Waals surface area (Å²) < 4.78 is 3.96. The molecular weight excluding hydrogens is 226 g/mol. The summed E-state index contributed by atoms with van der Waals surface area (Å²) in [5, 5.41) is 12.0. The van der Waals surface area contributed by atoms with Gasteiger partial charge in [0, 0.05) is 36.6 Å². The van der Waals surface area contributed by atoms with Crippen molar-refractivity contribution in [1.29, 1.82) is 0 Å². The molecule has 5 heteroatoms. The zero-order valence-corrected chi connectivity index (χ0v) is 11.5. The van der Waals surface area contributed by atoms with Crippen molar-refractivity contribution in [3.63, 3.8) is 0 Å². The molecule has 0 bridgehead atoms. The number of anilines is 1. The van der Waals surface area contributed by atoms with Gasteiger partial charge in [0.15, 0.2) is 0 Å². The monoisotopic (exact) mass is 247 g/mol. The van der Waals surface area contributed by atoms with Gasteiger partial charge >= 0.3 is 0 Å². The Bertz CT molecular complexity index is 509. The smallest absolute Gasteiger partial charge is 0.0729 e. The van der Waals surface area contributed by atoms with Crippen molar-refractivity contribution in [2.24, 2.45) is 0 Å². The van der Waals surface area contributed by atoms with Gasteiger partial charge in [-0.25, -0.2) is 0 Å². The SMILES string of the molecule is CCn1cc(NCc2cnn(C(C)C)c2C)cn1. The fourth-order valence-electron chi connectivity index (χ4n) is 1.98. The van der Waals surface area contributed by atoms with Crippen LogP contribution in [0.5, 0.6) is 0 Å². The molecule has 2 heterocycles. The maximum atomic E-state index is 4.40. The summed E-state index contributed by atoms with van der Waals surface area (Å²) in [6, 6.07) is 0.404. The van der Waals surface area contributed by atoms with Crippen molar-refractivity contribution in [3.05, 3.63) is 29.8 Å². The molecule has 2 aromatic heterocycles. The van der Waals surface area contributed by atoms with Crippen LogP contribution in [0.25, 0.3) is 0 Å². The van der Waals surface area contributed by atoms with E-state index in [0.717, 1.165) is 18.8 Å². The van der Waals surface area contributed by atoms with E-state index in [9.17, 15) is 0 Å². The maximum Gasteiger partial charge on any atom is 0.0729 e. The van der Waals surface area contributed by atoms with Gasteiger partial charge in [0.1, 0.15) is 0 Å². The topological polar surface area (TPSA) is 47.7 Å². The van der Waals surface area contributed by atoms with Gasteiger partial charge in [-0.1, -0.05) is 0 Å². The van der Waals surface area contributed by atoms with E-state index in [-0.39, 0.29) is 0 Å². The minimum absolute atomic E-state index is 0.404. The summed E-state index contributed by atoms with van der Waals surface area (Å²) in [7, 11) is 0. The molecule has 0 saturated heterocycles. The van der Waals surface area contributed by atoms with Crippen LogP contribution in [-0.2, 0) is 13.1 Å². The standard InChI is InChI=1S/C13H21N5/c1-5-17-9-13(8-15-17)14-6-12-7-16-18(10(2)3)11(12)4/h7-10,14H,5-6H2,1-4H3. The van der Waals surface area contributed by atoms with E-state index < -0.39 is 0 Å². The predicted octanol–water partition coefficient (Wildman–Crippen LogP) is 2.60. The summed E-state index contributed by atoms with van der Waals surface area (Å²) in [5.41, 5.74) is 3.50. The molecule has 0 saturated carbocycles. The van der Waals surface area contributed by atoms with Crippen molar-refractivity contribution in [3.8, 4) is 0 Å². The summed E-state index contributed by atoms with van der Waals surface area (Å²) >= 11 is 0. The highest BCUT2D eigenvalue weighted by Crippen LogP contribution is 2.14. The molecule has 18 heavy (non-hydrogen) atoms. The van der Waals surface area contributed by atoms with Crippen LogP contribution in [0.4, 0.5) is 5.69 Å². The summed E-state index contributed by atoms with van der Waals surface area (Å²) in [5.74, 6) is 0. The molecule has 5 nitrogen and oxygen atoms in total. The molecule has 2 aromatic rings. The molecule has 2 rings (SSSR count). The number of aryl methyl sites for hydroxylation is 1. The van der Waals surface area contributed by atoms with Crippen LogP contribution >= 0.6 is 0 Å². The second kappa shape index (κ2) is 5.25. The number of nitrogens with zero attached hydrogens (tertiary/aromatic N) is 4. The summed E-state index contributed by atoms with van der Waals surface area (Å²) in [4.78, 5) is 0. The number of aromatic nitrogens is 4. The van der Waals surface area contributed by atoms with E-state index in [2.05, 4.69) is 43.2 Å². The van der Waals surface area contributed by atoms with Crippen LogP contribution in [0.3, 0.4) is 0 Å². The molecule has 0 radical (unpaired) electrons. The molecule has 0 aromatic carbocycles. The molecule has 0 atom stereocenters. The lowest BCUT2D eigenvalue weighted by atomic mass is 10.2. The molecule has 1 N–H and O–H groups in total. The van der Waals surface area contributed by atoms with E-state index in [1.54, 1.807) is 0 Å². The third-order valence-electron chi connectivity index (χ3n) is 3.08. The zero-order chi connectivity index (χ0) is 13.1. The highest BCUT2D eigenvalue weighted by atomic mass is 15.3. The first-order valence-corrected chi connectivity index (χ1v) is 6.41. The van der Waals surface area contributed by atoms with Crippen molar-refractivity contribution in [2.75, 3.05) is 5.32 Å². The predicted molar refractivity (Wildman–Crippen MR) is 72.6 cm³/mol. The van der Waals surface area contributed by atoms with Crippen LogP contribution in [0, 0.1) is 6.92 Å². The summed E-state index contributed by atoms with van der Waals surface area (Å²) in [6.45, 7) is 10.2. The first-order chi connectivity index (χ1) is 8.61. The minimum atomic E-state index is 0.404. The Labute approximate surface area is 108 Å². The molecule has 0 aliphatic carbocycles. The first kappa shape index (κ1) is 12.7. The molecule has 98 valence electrons. The lowest BCUT2D eigenvalue weighted by molar-refractivity contribution is 0.518. The number of rotatable bonds is 5. The van der Waals surface area contributed by atoms with Crippen LogP contribution < -0.4 is 5.32 Å². The zero-order valence-electron chi connectivity index (χ0n) is 11.5. The van der Waals surface area contributed by atoms with Crippen molar-refractivity contribution < 1.29 is 0 Å². The van der Waals surface area contributed by atoms with Gasteiger partial charge in [-0.2, -0.15) is 10.2 Å². The third kappa shape index (κ3) is 2.55. The molecule has 0 amide bonds. The molecule has 0 aliphatic heterocycles. The molecule has 0 aliphatic rings. The Morgan fingerprint density at radius 1 is 1.28 bits per heavy atom. The van der Waals surface area contributed by atoms with Crippen LogP contribution in [0.2, 0.25) is 0 Å². The fraction of sp³-hybridized carbons (Fsp3) is 0.538. The van der Waals surface area contributed by atoms with Gasteiger partial charge in [-0.05, 0) is 27.7 Å². The number of hydrogen-bond donors (Lipinski definition) is 1. The highest BCUT2D eigenvalue weighted by molar-refractivity contribution is 5.39. The Morgan fingerprint density at radius 2 is 2.06 bits per heavy atom. The maximum absolute atomic E-state index is 4.40. The van der Waals surface area contributed by atoms with E-state index in [1.165, 1.54) is 11.3 Å². The highest BCUT2D eigenvalue weighted by Gasteiger charge is 2.08. The third-order valence-corrected chi connectivity index (χ3v) is 3.08. The van der Waals surface area contributed by atoms with Gasteiger partial charge in [-0.3, -0.25) is 9.36 Å². The fourth-order valence-corrected chi connectivity index (χ4v) is 1.98. The van der Waals surface area contributed by atoms with Crippen molar-refractivity contribution in [1.82, 2.24) is 19.6 Å². The minimum Gasteiger partial charge on any atom is -0.378 e. The van der Waals surface area contributed by atoms with Crippen molar-refractivity contribution in [2.45, 2.75) is 46.8 Å². The van der Waals surface area contributed by atoms with Gasteiger partial charge in [0.05, 0.1) is 18.1 Å². The molecule has 0 spiro atoms. The average Bonchev–Trinajstić information content (AvgIpc) is 2.93. The van der Waals surface area contributed by atoms with Crippen LogP contribution in [-0.4, -0.2) is 19.6 Å². The van der Waals surface area contributed by atoms with Crippen LogP contribution in [0.1, 0.15) is 38.1 Å². The second-order valence-corrected chi connectivity index (χ2v) is 4.73. The van der Waals surface area contributed by atoms with E-state index in [1.807, 2.05) is 28.0 Å². The Morgan fingerprint density at radius 3 is 2.61 bits per heavy atom. The van der Waals surface area contributed by atoms with E-state index in [4.69, 9.17) is 0 Å². The van der Waals surface area contributed by atoms with Crippen LogP contribution in [0.15, 0.2) is 18.6 Å². The Hall–Kier alpha value is -1.78. The molecule has 0 fully saturated rings.